The van der Waals surface area contributed by atoms with Crippen LogP contribution >= 0.6 is 11.8 Å². The SMILES string of the molecule is Cc1cccc(CSCC(=O)Nc2cc(S(C)(=O)=O)ccc2F)c1. The van der Waals surface area contributed by atoms with Gasteiger partial charge < -0.3 is 5.32 Å². The fourth-order valence-electron chi connectivity index (χ4n) is 2.08. The first-order valence-corrected chi connectivity index (χ1v) is 10.2. The van der Waals surface area contributed by atoms with E-state index in [-0.39, 0.29) is 22.2 Å². The molecule has 0 saturated heterocycles. The van der Waals surface area contributed by atoms with Gasteiger partial charge in [-0.3, -0.25) is 4.79 Å². The Labute approximate surface area is 145 Å². The predicted molar refractivity (Wildman–Crippen MR) is 95.5 cm³/mol. The molecule has 0 saturated carbocycles. The number of carbonyl (C=O) groups excluding carboxylic acids is 1. The third-order valence-electron chi connectivity index (χ3n) is 3.22. The Balaban J connectivity index is 1.95. The van der Waals surface area contributed by atoms with Crippen molar-refractivity contribution in [3.63, 3.8) is 0 Å². The highest BCUT2D eigenvalue weighted by molar-refractivity contribution is 7.99. The minimum atomic E-state index is -3.46. The van der Waals surface area contributed by atoms with Gasteiger partial charge in [-0.15, -0.1) is 11.8 Å². The van der Waals surface area contributed by atoms with E-state index in [2.05, 4.69) is 5.32 Å². The second-order valence-corrected chi connectivity index (χ2v) is 8.45. The number of sulfone groups is 1. The van der Waals surface area contributed by atoms with Crippen LogP contribution in [0.15, 0.2) is 47.4 Å². The number of anilines is 1. The summed E-state index contributed by atoms with van der Waals surface area (Å²) in [5.41, 5.74) is 2.13. The van der Waals surface area contributed by atoms with Crippen LogP contribution in [0.1, 0.15) is 11.1 Å². The minimum absolute atomic E-state index is 0.0355. The maximum Gasteiger partial charge on any atom is 0.234 e. The quantitative estimate of drug-likeness (QED) is 0.795. The molecular weight excluding hydrogens is 349 g/mol. The third kappa shape index (κ3) is 5.35. The smallest absolute Gasteiger partial charge is 0.234 e. The monoisotopic (exact) mass is 367 g/mol. The second kappa shape index (κ2) is 7.81. The van der Waals surface area contributed by atoms with E-state index >= 15 is 0 Å². The molecule has 1 N–H and O–H groups in total. The van der Waals surface area contributed by atoms with Crippen LogP contribution in [-0.4, -0.2) is 26.3 Å². The first-order chi connectivity index (χ1) is 11.3. The summed E-state index contributed by atoms with van der Waals surface area (Å²) in [6.45, 7) is 2.00. The Morgan fingerprint density at radius 1 is 1.21 bits per heavy atom. The van der Waals surface area contributed by atoms with Crippen LogP contribution in [0.5, 0.6) is 0 Å². The molecule has 0 aliphatic rings. The van der Waals surface area contributed by atoms with Gasteiger partial charge in [-0.2, -0.15) is 0 Å². The lowest BCUT2D eigenvalue weighted by atomic mass is 10.2. The fourth-order valence-corrected chi connectivity index (χ4v) is 3.50. The maximum absolute atomic E-state index is 13.7. The number of aryl methyl sites for hydroxylation is 1. The van der Waals surface area contributed by atoms with Gasteiger partial charge in [0.15, 0.2) is 9.84 Å². The number of hydrogen-bond acceptors (Lipinski definition) is 4. The maximum atomic E-state index is 13.7. The van der Waals surface area contributed by atoms with E-state index in [0.29, 0.717) is 5.75 Å². The summed E-state index contributed by atoms with van der Waals surface area (Å²) in [4.78, 5) is 11.9. The zero-order chi connectivity index (χ0) is 17.7. The minimum Gasteiger partial charge on any atom is -0.323 e. The summed E-state index contributed by atoms with van der Waals surface area (Å²) in [6, 6.07) is 11.3. The molecule has 0 aromatic heterocycles. The lowest BCUT2D eigenvalue weighted by molar-refractivity contribution is -0.113. The van der Waals surface area contributed by atoms with Crippen molar-refractivity contribution in [3.05, 3.63) is 59.4 Å². The lowest BCUT2D eigenvalue weighted by Crippen LogP contribution is -2.15. The van der Waals surface area contributed by atoms with Gasteiger partial charge in [0.25, 0.3) is 0 Å². The van der Waals surface area contributed by atoms with Crippen molar-refractivity contribution in [2.24, 2.45) is 0 Å². The molecule has 2 aromatic rings. The van der Waals surface area contributed by atoms with Crippen molar-refractivity contribution < 1.29 is 17.6 Å². The highest BCUT2D eigenvalue weighted by atomic mass is 32.2. The number of carbonyl (C=O) groups is 1. The normalized spacial score (nSPS) is 11.3. The molecule has 0 aliphatic carbocycles. The highest BCUT2D eigenvalue weighted by Crippen LogP contribution is 2.20. The molecule has 0 aliphatic heterocycles. The fraction of sp³-hybridized carbons (Fsp3) is 0.235. The molecule has 24 heavy (non-hydrogen) atoms. The molecule has 0 fully saturated rings. The number of benzene rings is 2. The number of hydrogen-bond donors (Lipinski definition) is 1. The number of amides is 1. The van der Waals surface area contributed by atoms with Crippen molar-refractivity contribution in [2.45, 2.75) is 17.6 Å². The van der Waals surface area contributed by atoms with E-state index in [1.165, 1.54) is 17.8 Å². The summed E-state index contributed by atoms with van der Waals surface area (Å²) >= 11 is 1.41. The van der Waals surface area contributed by atoms with Crippen LogP contribution in [-0.2, 0) is 20.4 Å². The van der Waals surface area contributed by atoms with Gasteiger partial charge in [0, 0.05) is 12.0 Å². The Hall–Kier alpha value is -1.86. The van der Waals surface area contributed by atoms with Crippen LogP contribution in [0.4, 0.5) is 10.1 Å². The Kier molecular flexibility index (Phi) is 6.01. The second-order valence-electron chi connectivity index (χ2n) is 5.44. The lowest BCUT2D eigenvalue weighted by Gasteiger charge is -2.08. The highest BCUT2D eigenvalue weighted by Gasteiger charge is 2.13. The van der Waals surface area contributed by atoms with Gasteiger partial charge in [0.2, 0.25) is 5.91 Å². The van der Waals surface area contributed by atoms with Crippen LogP contribution in [0, 0.1) is 12.7 Å². The van der Waals surface area contributed by atoms with Crippen LogP contribution < -0.4 is 5.32 Å². The van der Waals surface area contributed by atoms with Gasteiger partial charge in [-0.25, -0.2) is 12.8 Å². The van der Waals surface area contributed by atoms with E-state index in [0.717, 1.165) is 29.5 Å². The zero-order valence-electron chi connectivity index (χ0n) is 13.4. The molecule has 4 nitrogen and oxygen atoms in total. The van der Waals surface area contributed by atoms with Gasteiger partial charge >= 0.3 is 0 Å². The van der Waals surface area contributed by atoms with Crippen LogP contribution in [0.3, 0.4) is 0 Å². The van der Waals surface area contributed by atoms with Gasteiger partial charge in [-0.05, 0) is 30.7 Å². The van der Waals surface area contributed by atoms with Gasteiger partial charge in [0.1, 0.15) is 5.82 Å². The summed E-state index contributed by atoms with van der Waals surface area (Å²) in [7, 11) is -3.46. The molecule has 0 heterocycles. The summed E-state index contributed by atoms with van der Waals surface area (Å²) < 4.78 is 36.7. The van der Waals surface area contributed by atoms with E-state index < -0.39 is 15.7 Å². The van der Waals surface area contributed by atoms with Crippen molar-refractivity contribution in [2.75, 3.05) is 17.3 Å². The molecule has 1 amide bonds. The Morgan fingerprint density at radius 2 is 1.96 bits per heavy atom. The van der Waals surface area contributed by atoms with E-state index in [4.69, 9.17) is 0 Å². The Morgan fingerprint density at radius 3 is 2.62 bits per heavy atom. The number of halogens is 1. The van der Waals surface area contributed by atoms with Crippen molar-refractivity contribution in [1.82, 2.24) is 0 Å². The van der Waals surface area contributed by atoms with Crippen LogP contribution in [0.2, 0.25) is 0 Å². The topological polar surface area (TPSA) is 63.2 Å². The van der Waals surface area contributed by atoms with E-state index in [1.54, 1.807) is 0 Å². The van der Waals surface area contributed by atoms with Crippen molar-refractivity contribution in [1.29, 1.82) is 0 Å². The zero-order valence-corrected chi connectivity index (χ0v) is 15.0. The van der Waals surface area contributed by atoms with Crippen molar-refractivity contribution >= 4 is 33.2 Å². The summed E-state index contributed by atoms with van der Waals surface area (Å²) in [5, 5.41) is 2.42. The summed E-state index contributed by atoms with van der Waals surface area (Å²) in [6.07, 6.45) is 1.03. The van der Waals surface area contributed by atoms with Gasteiger partial charge in [-0.1, -0.05) is 29.8 Å². The van der Waals surface area contributed by atoms with E-state index in [9.17, 15) is 17.6 Å². The predicted octanol–water partition coefficient (Wildman–Crippen LogP) is 3.41. The molecule has 2 aromatic carbocycles. The standard InChI is InChI=1S/C17H18FNO3S2/c1-12-4-3-5-13(8-12)10-23-11-17(20)19-16-9-14(24(2,21)22)6-7-15(16)18/h3-9H,10-11H2,1-2H3,(H,19,20). The molecular formula is C17H18FNO3S2. The summed E-state index contributed by atoms with van der Waals surface area (Å²) in [5.74, 6) is -0.228. The molecule has 0 atom stereocenters. The molecule has 7 heteroatoms. The van der Waals surface area contributed by atoms with Crippen molar-refractivity contribution in [3.8, 4) is 0 Å². The molecule has 128 valence electrons. The Bertz CT molecular complexity index is 851. The number of nitrogens with one attached hydrogen (secondary N) is 1. The number of rotatable bonds is 6. The average molecular weight is 367 g/mol. The molecule has 0 spiro atoms. The number of thioether (sulfide) groups is 1. The average Bonchev–Trinajstić information content (AvgIpc) is 2.48. The molecule has 0 unspecified atom stereocenters. The molecule has 0 radical (unpaired) electrons. The molecule has 0 bridgehead atoms. The molecule has 2 rings (SSSR count). The van der Waals surface area contributed by atoms with E-state index in [1.807, 2.05) is 31.2 Å². The third-order valence-corrected chi connectivity index (χ3v) is 5.34. The largest absolute Gasteiger partial charge is 0.323 e. The first kappa shape index (κ1) is 18.5. The van der Waals surface area contributed by atoms with Crippen LogP contribution in [0.25, 0.3) is 0 Å². The van der Waals surface area contributed by atoms with Gasteiger partial charge in [0.05, 0.1) is 16.3 Å². The first-order valence-electron chi connectivity index (χ1n) is 7.18.